The van der Waals surface area contributed by atoms with Gasteiger partial charge in [-0.1, -0.05) is 0 Å². The molecule has 0 aliphatic heterocycles. The summed E-state index contributed by atoms with van der Waals surface area (Å²) in [4.78, 5) is 16.0. The summed E-state index contributed by atoms with van der Waals surface area (Å²) in [5, 5.41) is 2.67. The highest BCUT2D eigenvalue weighted by Crippen LogP contribution is 2.21. The minimum Gasteiger partial charge on any atom is -0.383 e. The van der Waals surface area contributed by atoms with Crippen LogP contribution in [0.1, 0.15) is 10.4 Å². The van der Waals surface area contributed by atoms with E-state index in [-0.39, 0.29) is 17.2 Å². The summed E-state index contributed by atoms with van der Waals surface area (Å²) in [6.07, 6.45) is 1.51. The molecule has 0 saturated carbocycles. The van der Waals surface area contributed by atoms with Crippen molar-refractivity contribution < 1.29 is 9.18 Å². The lowest BCUT2D eigenvalue weighted by molar-refractivity contribution is 0.102. The van der Waals surface area contributed by atoms with Crippen LogP contribution >= 0.6 is 38.5 Å². The fraction of sp³-hybridized carbons (Fsp3) is 0. The summed E-state index contributed by atoms with van der Waals surface area (Å²) < 4.78 is 14.2. The quantitative estimate of drug-likeness (QED) is 0.710. The Bertz CT molecular complexity index is 651. The SMILES string of the molecule is Nc1ncc(Br)cc1C(=O)Nc1ccc(F)cc1I. The molecule has 2 aromatic rings. The van der Waals surface area contributed by atoms with Crippen molar-refractivity contribution >= 4 is 55.9 Å². The van der Waals surface area contributed by atoms with Crippen LogP contribution in [-0.2, 0) is 0 Å². The smallest absolute Gasteiger partial charge is 0.259 e. The molecule has 7 heteroatoms. The molecule has 19 heavy (non-hydrogen) atoms. The molecular formula is C12H8BrFIN3O. The maximum atomic E-state index is 13.0. The summed E-state index contributed by atoms with van der Waals surface area (Å²) >= 11 is 5.17. The van der Waals surface area contributed by atoms with Crippen LogP contribution in [0.3, 0.4) is 0 Å². The summed E-state index contributed by atoms with van der Waals surface area (Å²) in [6.45, 7) is 0. The second-order valence-electron chi connectivity index (χ2n) is 3.66. The van der Waals surface area contributed by atoms with Crippen LogP contribution in [0.25, 0.3) is 0 Å². The van der Waals surface area contributed by atoms with E-state index in [9.17, 15) is 9.18 Å². The van der Waals surface area contributed by atoms with E-state index in [1.165, 1.54) is 24.4 Å². The van der Waals surface area contributed by atoms with Crippen LogP contribution in [0.15, 0.2) is 34.9 Å². The largest absolute Gasteiger partial charge is 0.383 e. The number of hydrogen-bond acceptors (Lipinski definition) is 3. The Kier molecular flexibility index (Phi) is 4.35. The molecule has 1 heterocycles. The van der Waals surface area contributed by atoms with Gasteiger partial charge in [-0.3, -0.25) is 4.79 Å². The van der Waals surface area contributed by atoms with Gasteiger partial charge in [-0.25, -0.2) is 9.37 Å². The second kappa shape index (κ2) is 5.83. The van der Waals surface area contributed by atoms with E-state index < -0.39 is 5.91 Å². The molecule has 0 atom stereocenters. The molecule has 0 spiro atoms. The average Bonchev–Trinajstić information content (AvgIpc) is 2.35. The van der Waals surface area contributed by atoms with E-state index in [2.05, 4.69) is 26.2 Å². The minimum atomic E-state index is -0.393. The third kappa shape index (κ3) is 3.41. The first kappa shape index (κ1) is 14.2. The lowest BCUT2D eigenvalue weighted by Crippen LogP contribution is -2.15. The maximum Gasteiger partial charge on any atom is 0.259 e. The standard InChI is InChI=1S/C12H8BrFIN3O/c13-6-3-8(11(16)17-5-6)12(19)18-10-2-1-7(14)4-9(10)15/h1-5H,(H2,16,17)(H,18,19). The zero-order valence-electron chi connectivity index (χ0n) is 9.45. The molecule has 1 aromatic carbocycles. The Balaban J connectivity index is 2.28. The molecule has 98 valence electrons. The number of anilines is 2. The van der Waals surface area contributed by atoms with Crippen molar-refractivity contribution in [3.8, 4) is 0 Å². The third-order valence-electron chi connectivity index (χ3n) is 2.31. The Morgan fingerprint density at radius 1 is 1.42 bits per heavy atom. The number of pyridine rings is 1. The number of aromatic nitrogens is 1. The average molecular weight is 436 g/mol. The highest BCUT2D eigenvalue weighted by Gasteiger charge is 2.13. The molecule has 0 bridgehead atoms. The molecule has 3 N–H and O–H groups in total. The summed E-state index contributed by atoms with van der Waals surface area (Å²) in [5.74, 6) is -0.611. The molecule has 0 saturated heterocycles. The van der Waals surface area contributed by atoms with Crippen molar-refractivity contribution in [1.82, 2.24) is 4.98 Å². The van der Waals surface area contributed by atoms with Crippen molar-refractivity contribution in [3.63, 3.8) is 0 Å². The number of nitrogen functional groups attached to an aromatic ring is 1. The van der Waals surface area contributed by atoms with Crippen molar-refractivity contribution in [2.75, 3.05) is 11.1 Å². The number of hydrogen-bond donors (Lipinski definition) is 2. The maximum absolute atomic E-state index is 13.0. The van der Waals surface area contributed by atoms with Gasteiger partial charge in [0.1, 0.15) is 11.6 Å². The Morgan fingerprint density at radius 2 is 2.16 bits per heavy atom. The van der Waals surface area contributed by atoms with Gasteiger partial charge in [-0.15, -0.1) is 0 Å². The highest BCUT2D eigenvalue weighted by atomic mass is 127. The molecule has 0 fully saturated rings. The van der Waals surface area contributed by atoms with Gasteiger partial charge in [-0.05, 0) is 62.8 Å². The second-order valence-corrected chi connectivity index (χ2v) is 5.74. The number of carbonyl (C=O) groups excluding carboxylic acids is 1. The van der Waals surface area contributed by atoms with Gasteiger partial charge < -0.3 is 11.1 Å². The number of nitrogens with zero attached hydrogens (tertiary/aromatic N) is 1. The summed E-state index contributed by atoms with van der Waals surface area (Å²) in [7, 11) is 0. The number of nitrogens with one attached hydrogen (secondary N) is 1. The van der Waals surface area contributed by atoms with Crippen LogP contribution in [-0.4, -0.2) is 10.9 Å². The molecule has 0 radical (unpaired) electrons. The van der Waals surface area contributed by atoms with Gasteiger partial charge in [0.25, 0.3) is 5.91 Å². The number of carbonyl (C=O) groups is 1. The lowest BCUT2D eigenvalue weighted by atomic mass is 10.2. The predicted octanol–water partition coefficient (Wildman–Crippen LogP) is 3.42. The number of rotatable bonds is 2. The Hall–Kier alpha value is -1.22. The van der Waals surface area contributed by atoms with E-state index in [1.807, 2.05) is 22.6 Å². The predicted molar refractivity (Wildman–Crippen MR) is 83.4 cm³/mol. The minimum absolute atomic E-state index is 0.137. The van der Waals surface area contributed by atoms with E-state index in [1.54, 1.807) is 6.07 Å². The topological polar surface area (TPSA) is 68.0 Å². The third-order valence-corrected chi connectivity index (χ3v) is 3.64. The fourth-order valence-corrected chi connectivity index (χ4v) is 2.36. The summed E-state index contributed by atoms with van der Waals surface area (Å²) in [6, 6.07) is 5.68. The lowest BCUT2D eigenvalue weighted by Gasteiger charge is -2.09. The molecule has 0 aliphatic carbocycles. The van der Waals surface area contributed by atoms with Crippen LogP contribution < -0.4 is 11.1 Å². The van der Waals surface area contributed by atoms with Gasteiger partial charge >= 0.3 is 0 Å². The molecule has 0 aliphatic rings. The van der Waals surface area contributed by atoms with Gasteiger partial charge in [0.05, 0.1) is 11.3 Å². The van der Waals surface area contributed by atoms with E-state index in [0.29, 0.717) is 13.7 Å². The van der Waals surface area contributed by atoms with Gasteiger partial charge in [0.2, 0.25) is 0 Å². The number of amides is 1. The van der Waals surface area contributed by atoms with Crippen molar-refractivity contribution in [3.05, 3.63) is 49.9 Å². The van der Waals surface area contributed by atoms with Gasteiger partial charge in [0.15, 0.2) is 0 Å². The molecule has 0 unspecified atom stereocenters. The van der Waals surface area contributed by atoms with Gasteiger partial charge in [-0.2, -0.15) is 0 Å². The Labute approximate surface area is 130 Å². The summed E-state index contributed by atoms with van der Waals surface area (Å²) in [5.41, 5.74) is 6.43. The first-order valence-electron chi connectivity index (χ1n) is 5.15. The normalized spacial score (nSPS) is 10.3. The number of nitrogens with two attached hydrogens (primary N) is 1. The van der Waals surface area contributed by atoms with E-state index in [4.69, 9.17) is 5.73 Å². The number of benzene rings is 1. The molecule has 1 aromatic heterocycles. The molecule has 1 amide bonds. The highest BCUT2D eigenvalue weighted by molar-refractivity contribution is 14.1. The molecule has 4 nitrogen and oxygen atoms in total. The Morgan fingerprint density at radius 3 is 2.84 bits per heavy atom. The first-order chi connectivity index (χ1) is 8.97. The molecule has 2 rings (SSSR count). The van der Waals surface area contributed by atoms with Crippen molar-refractivity contribution in [2.24, 2.45) is 0 Å². The zero-order valence-corrected chi connectivity index (χ0v) is 13.2. The van der Waals surface area contributed by atoms with Crippen LogP contribution in [0.2, 0.25) is 0 Å². The van der Waals surface area contributed by atoms with Crippen LogP contribution in [0, 0.1) is 9.39 Å². The van der Waals surface area contributed by atoms with Crippen molar-refractivity contribution in [1.29, 1.82) is 0 Å². The fourth-order valence-electron chi connectivity index (χ4n) is 1.41. The first-order valence-corrected chi connectivity index (χ1v) is 7.02. The monoisotopic (exact) mass is 435 g/mol. The van der Waals surface area contributed by atoms with Crippen LogP contribution in [0.5, 0.6) is 0 Å². The van der Waals surface area contributed by atoms with E-state index in [0.717, 1.165) is 0 Å². The molecular weight excluding hydrogens is 428 g/mol. The van der Waals surface area contributed by atoms with Crippen molar-refractivity contribution in [2.45, 2.75) is 0 Å². The van der Waals surface area contributed by atoms with Gasteiger partial charge in [0, 0.05) is 14.2 Å². The number of halogens is 3. The van der Waals surface area contributed by atoms with E-state index >= 15 is 0 Å². The zero-order chi connectivity index (χ0) is 14.0. The van der Waals surface area contributed by atoms with Crippen LogP contribution in [0.4, 0.5) is 15.9 Å².